The lowest BCUT2D eigenvalue weighted by molar-refractivity contribution is -0.124. The third-order valence-corrected chi connectivity index (χ3v) is 6.16. The second-order valence-electron chi connectivity index (χ2n) is 8.32. The van der Waals surface area contributed by atoms with Crippen molar-refractivity contribution in [2.45, 2.75) is 84.0 Å². The van der Waals surface area contributed by atoms with Gasteiger partial charge in [0.05, 0.1) is 0 Å². The Morgan fingerprint density at radius 3 is 2.41 bits per heavy atom. The first kappa shape index (κ1) is 21.7. The lowest BCUT2D eigenvalue weighted by atomic mass is 9.77. The van der Waals surface area contributed by atoms with E-state index in [0.29, 0.717) is 0 Å². The van der Waals surface area contributed by atoms with Crippen molar-refractivity contribution in [1.29, 1.82) is 0 Å². The van der Waals surface area contributed by atoms with Crippen molar-refractivity contribution in [3.63, 3.8) is 0 Å². The summed E-state index contributed by atoms with van der Waals surface area (Å²) in [7, 11) is 1.88. The zero-order valence-electron chi connectivity index (χ0n) is 17.8. The molecule has 1 amide bonds. The first-order chi connectivity index (χ1) is 13.1. The average molecular weight is 370 g/mol. The van der Waals surface area contributed by atoms with Crippen LogP contribution in [0.3, 0.4) is 0 Å². The number of nitrogens with zero attached hydrogens (tertiary/aromatic N) is 1. The van der Waals surface area contributed by atoms with Crippen molar-refractivity contribution in [3.8, 4) is 0 Å². The second kappa shape index (κ2) is 12.0. The molecule has 1 aromatic rings. The summed E-state index contributed by atoms with van der Waals surface area (Å²) in [4.78, 5) is 13.5. The molecule has 0 atom stereocenters. The molecule has 2 heteroatoms. The minimum Gasteiger partial charge on any atom is -0.342 e. The Kier molecular flexibility index (Phi) is 9.66. The molecule has 2 nitrogen and oxygen atoms in total. The summed E-state index contributed by atoms with van der Waals surface area (Å²) in [5, 5.41) is 0. The van der Waals surface area contributed by atoms with E-state index in [-0.39, 0.29) is 5.91 Å². The van der Waals surface area contributed by atoms with Gasteiger partial charge in [-0.05, 0) is 74.5 Å². The number of amides is 1. The zero-order valence-corrected chi connectivity index (χ0v) is 17.8. The van der Waals surface area contributed by atoms with Crippen molar-refractivity contribution in [1.82, 2.24) is 4.90 Å². The van der Waals surface area contributed by atoms with Gasteiger partial charge in [-0.15, -0.1) is 0 Å². The molecule has 0 spiro atoms. The number of benzene rings is 1. The highest BCUT2D eigenvalue weighted by molar-refractivity contribution is 5.87. The van der Waals surface area contributed by atoms with E-state index in [9.17, 15) is 4.79 Å². The molecule has 0 N–H and O–H groups in total. The van der Waals surface area contributed by atoms with E-state index in [1.165, 1.54) is 62.5 Å². The molecule has 0 saturated heterocycles. The van der Waals surface area contributed by atoms with Gasteiger partial charge in [-0.1, -0.05) is 62.9 Å². The predicted molar refractivity (Wildman–Crippen MR) is 116 cm³/mol. The van der Waals surface area contributed by atoms with Gasteiger partial charge in [-0.2, -0.15) is 0 Å². The van der Waals surface area contributed by atoms with Gasteiger partial charge in [0.2, 0.25) is 5.91 Å². The van der Waals surface area contributed by atoms with Crippen LogP contribution in [0, 0.1) is 5.92 Å². The number of rotatable bonds is 10. The Labute approximate surface area is 167 Å². The molecular weight excluding hydrogens is 330 g/mol. The lowest BCUT2D eigenvalue weighted by Crippen LogP contribution is -2.26. The topological polar surface area (TPSA) is 20.3 Å². The maximum Gasteiger partial charge on any atom is 0.245 e. The van der Waals surface area contributed by atoms with Crippen LogP contribution >= 0.6 is 0 Å². The largest absolute Gasteiger partial charge is 0.342 e. The normalized spacial score (nSPS) is 20.1. The van der Waals surface area contributed by atoms with E-state index >= 15 is 0 Å². The fourth-order valence-electron chi connectivity index (χ4n) is 4.32. The summed E-state index contributed by atoms with van der Waals surface area (Å²) in [5.41, 5.74) is 2.92. The zero-order chi connectivity index (χ0) is 19.5. The smallest absolute Gasteiger partial charge is 0.245 e. The number of unbranched alkanes of at least 4 members (excludes halogenated alkanes) is 2. The monoisotopic (exact) mass is 369 g/mol. The maximum atomic E-state index is 11.7. The average Bonchev–Trinajstić information content (AvgIpc) is 2.69. The summed E-state index contributed by atoms with van der Waals surface area (Å²) >= 11 is 0. The van der Waals surface area contributed by atoms with E-state index in [2.05, 4.69) is 31.2 Å². The summed E-state index contributed by atoms with van der Waals surface area (Å²) in [5.74, 6) is 1.85. The number of hydrogen-bond acceptors (Lipinski definition) is 1. The summed E-state index contributed by atoms with van der Waals surface area (Å²) < 4.78 is 0. The lowest BCUT2D eigenvalue weighted by Gasteiger charge is -2.29. The molecule has 0 heterocycles. The molecule has 0 bridgehead atoms. The molecule has 1 aliphatic rings. The molecule has 0 aromatic heterocycles. The van der Waals surface area contributed by atoms with Gasteiger partial charge in [0.25, 0.3) is 0 Å². The van der Waals surface area contributed by atoms with Crippen LogP contribution in [0.4, 0.5) is 0 Å². The first-order valence-electron chi connectivity index (χ1n) is 11.1. The molecule has 1 saturated carbocycles. The third kappa shape index (κ3) is 7.52. The molecule has 1 aliphatic carbocycles. The maximum absolute atomic E-state index is 11.7. The van der Waals surface area contributed by atoms with E-state index < -0.39 is 0 Å². The van der Waals surface area contributed by atoms with Crippen LogP contribution in [-0.2, 0) is 11.2 Å². The Morgan fingerprint density at radius 1 is 1.07 bits per heavy atom. The second-order valence-corrected chi connectivity index (χ2v) is 8.32. The van der Waals surface area contributed by atoms with Gasteiger partial charge in [0.15, 0.2) is 0 Å². The minimum absolute atomic E-state index is 0.0955. The van der Waals surface area contributed by atoms with Gasteiger partial charge in [-0.3, -0.25) is 4.79 Å². The SMILES string of the molecule is C/C=C/C(=O)N(C)CCCc1ccc(C2CCC(CCCCC)CC2)cc1. The molecule has 0 radical (unpaired) electrons. The molecule has 0 aliphatic heterocycles. The van der Waals surface area contributed by atoms with E-state index in [1.807, 2.05) is 14.0 Å². The highest BCUT2D eigenvalue weighted by Gasteiger charge is 2.21. The van der Waals surface area contributed by atoms with Crippen molar-refractivity contribution >= 4 is 5.91 Å². The Balaban J connectivity index is 1.71. The minimum atomic E-state index is 0.0955. The van der Waals surface area contributed by atoms with E-state index in [1.54, 1.807) is 17.1 Å². The van der Waals surface area contributed by atoms with Crippen LogP contribution < -0.4 is 0 Å². The molecule has 0 unspecified atom stereocenters. The Bertz CT molecular complexity index is 566. The third-order valence-electron chi connectivity index (χ3n) is 6.16. The Hall–Kier alpha value is -1.57. The molecule has 27 heavy (non-hydrogen) atoms. The quantitative estimate of drug-likeness (QED) is 0.340. The van der Waals surface area contributed by atoms with Crippen molar-refractivity contribution in [3.05, 3.63) is 47.5 Å². The number of aryl methyl sites for hydroxylation is 1. The van der Waals surface area contributed by atoms with Crippen molar-refractivity contribution in [2.24, 2.45) is 5.92 Å². The van der Waals surface area contributed by atoms with Crippen LogP contribution in [0.5, 0.6) is 0 Å². The van der Waals surface area contributed by atoms with Crippen LogP contribution in [0.2, 0.25) is 0 Å². The van der Waals surface area contributed by atoms with E-state index in [4.69, 9.17) is 0 Å². The first-order valence-corrected chi connectivity index (χ1v) is 11.1. The van der Waals surface area contributed by atoms with Crippen molar-refractivity contribution < 1.29 is 4.79 Å². The van der Waals surface area contributed by atoms with Crippen LogP contribution in [-0.4, -0.2) is 24.4 Å². The number of hydrogen-bond donors (Lipinski definition) is 0. The molecule has 1 fully saturated rings. The molecule has 2 rings (SSSR count). The van der Waals surface area contributed by atoms with Crippen LogP contribution in [0.1, 0.15) is 88.7 Å². The van der Waals surface area contributed by atoms with Gasteiger partial charge < -0.3 is 4.90 Å². The van der Waals surface area contributed by atoms with Gasteiger partial charge in [-0.25, -0.2) is 0 Å². The van der Waals surface area contributed by atoms with Gasteiger partial charge in [0.1, 0.15) is 0 Å². The molecular formula is C25H39NO. The number of allylic oxidation sites excluding steroid dienone is 1. The number of likely N-dealkylation sites (N-methyl/N-ethyl adjacent to an activating group) is 1. The highest BCUT2D eigenvalue weighted by Crippen LogP contribution is 2.37. The van der Waals surface area contributed by atoms with Gasteiger partial charge >= 0.3 is 0 Å². The fourth-order valence-corrected chi connectivity index (χ4v) is 4.32. The van der Waals surface area contributed by atoms with Crippen LogP contribution in [0.25, 0.3) is 0 Å². The predicted octanol–water partition coefficient (Wildman–Crippen LogP) is 6.51. The molecule has 1 aromatic carbocycles. The summed E-state index contributed by atoms with van der Waals surface area (Å²) in [6.07, 6.45) is 16.7. The molecule has 150 valence electrons. The van der Waals surface area contributed by atoms with Gasteiger partial charge in [0, 0.05) is 13.6 Å². The summed E-state index contributed by atoms with van der Waals surface area (Å²) in [6.45, 7) is 4.99. The number of carbonyl (C=O) groups is 1. The standard InChI is InChI=1S/C25H39NO/c1-4-6-7-10-21-12-16-23(17-13-21)24-18-14-22(15-19-24)11-8-20-26(3)25(27)9-5-2/h5,9,14-15,18-19,21,23H,4,6-8,10-13,16-17,20H2,1-3H3/b9-5+. The number of carbonyl (C=O) groups excluding carboxylic acids is 1. The summed E-state index contributed by atoms with van der Waals surface area (Å²) in [6, 6.07) is 9.31. The highest BCUT2D eigenvalue weighted by atomic mass is 16.2. The van der Waals surface area contributed by atoms with Crippen LogP contribution in [0.15, 0.2) is 36.4 Å². The Morgan fingerprint density at radius 2 is 1.78 bits per heavy atom. The van der Waals surface area contributed by atoms with E-state index in [0.717, 1.165) is 31.2 Å². The van der Waals surface area contributed by atoms with Crippen molar-refractivity contribution in [2.75, 3.05) is 13.6 Å². The fraction of sp³-hybridized carbons (Fsp3) is 0.640.